The molecule has 3 nitrogen and oxygen atoms in total. The van der Waals surface area contributed by atoms with Gasteiger partial charge in [0.15, 0.2) is 0 Å². The van der Waals surface area contributed by atoms with Gasteiger partial charge >= 0.3 is 0 Å². The zero-order chi connectivity index (χ0) is 11.4. The fourth-order valence-electron chi connectivity index (χ4n) is 1.79. The van der Waals surface area contributed by atoms with Crippen LogP contribution in [0.3, 0.4) is 0 Å². The molecule has 1 aromatic rings. The summed E-state index contributed by atoms with van der Waals surface area (Å²) in [6, 6.07) is 1.93. The molecule has 1 rings (SSSR count). The van der Waals surface area contributed by atoms with E-state index in [1.165, 1.54) is 0 Å². The Balaban J connectivity index is 2.89. The maximum Gasteiger partial charge on any atom is 0.0834 e. The van der Waals surface area contributed by atoms with Crippen LogP contribution in [-0.2, 0) is 0 Å². The van der Waals surface area contributed by atoms with Gasteiger partial charge in [0.25, 0.3) is 0 Å². The molecular formula is C12H20N2O. The van der Waals surface area contributed by atoms with Crippen LogP contribution in [0.25, 0.3) is 0 Å². The highest BCUT2D eigenvalue weighted by Gasteiger charge is 2.18. The topological polar surface area (TPSA) is 46.0 Å². The molecule has 0 aliphatic carbocycles. The van der Waals surface area contributed by atoms with Gasteiger partial charge in [-0.05, 0) is 32.3 Å². The van der Waals surface area contributed by atoms with E-state index < -0.39 is 6.10 Å². The normalized spacial score (nSPS) is 15.0. The van der Waals surface area contributed by atoms with E-state index in [0.717, 1.165) is 29.8 Å². The first-order chi connectivity index (χ1) is 7.06. The van der Waals surface area contributed by atoms with Crippen molar-refractivity contribution in [3.8, 4) is 0 Å². The fraction of sp³-hybridized carbons (Fsp3) is 0.667. The molecule has 0 saturated heterocycles. The molecule has 0 aromatic carbocycles. The third-order valence-corrected chi connectivity index (χ3v) is 2.74. The lowest BCUT2D eigenvalue weighted by Gasteiger charge is -2.19. The zero-order valence-corrected chi connectivity index (χ0v) is 9.99. The molecule has 15 heavy (non-hydrogen) atoms. The van der Waals surface area contributed by atoms with Crippen LogP contribution in [0.1, 0.15) is 49.7 Å². The van der Waals surface area contributed by atoms with Gasteiger partial charge in [-0.1, -0.05) is 20.3 Å². The molecule has 0 aliphatic heterocycles. The molecule has 0 fully saturated rings. The van der Waals surface area contributed by atoms with Crippen LogP contribution in [-0.4, -0.2) is 15.3 Å². The summed E-state index contributed by atoms with van der Waals surface area (Å²) in [6.45, 7) is 7.99. The molecule has 0 bridgehead atoms. The Kier molecular flexibility index (Phi) is 4.21. The predicted molar refractivity (Wildman–Crippen MR) is 60.5 cm³/mol. The van der Waals surface area contributed by atoms with Crippen LogP contribution in [0.2, 0.25) is 0 Å². The van der Waals surface area contributed by atoms with E-state index in [9.17, 15) is 5.11 Å². The smallest absolute Gasteiger partial charge is 0.0834 e. The minimum atomic E-state index is -0.417. The Morgan fingerprint density at radius 3 is 2.60 bits per heavy atom. The van der Waals surface area contributed by atoms with Gasteiger partial charge in [0.2, 0.25) is 0 Å². The van der Waals surface area contributed by atoms with E-state index in [1.54, 1.807) is 0 Å². The maximum absolute atomic E-state index is 10.2. The second-order valence-corrected chi connectivity index (χ2v) is 4.24. The summed E-state index contributed by atoms with van der Waals surface area (Å²) in [5.74, 6) is 0.275. The average Bonchev–Trinajstić information content (AvgIpc) is 2.21. The van der Waals surface area contributed by atoms with Crippen molar-refractivity contribution in [2.24, 2.45) is 5.92 Å². The van der Waals surface area contributed by atoms with Gasteiger partial charge < -0.3 is 5.11 Å². The number of hydrogen-bond acceptors (Lipinski definition) is 3. The molecule has 0 radical (unpaired) electrons. The molecular weight excluding hydrogens is 188 g/mol. The number of aryl methyl sites for hydroxylation is 2. The molecule has 2 unspecified atom stereocenters. The lowest BCUT2D eigenvalue weighted by atomic mass is 9.93. The molecule has 0 spiro atoms. The van der Waals surface area contributed by atoms with Gasteiger partial charge in [0.05, 0.1) is 17.5 Å². The van der Waals surface area contributed by atoms with Crippen LogP contribution >= 0.6 is 0 Å². The van der Waals surface area contributed by atoms with Gasteiger partial charge in [-0.15, -0.1) is 0 Å². The number of hydrogen-bond donors (Lipinski definition) is 1. The minimum Gasteiger partial charge on any atom is -0.388 e. The molecule has 2 atom stereocenters. The first-order valence-corrected chi connectivity index (χ1v) is 5.55. The Hall–Kier alpha value is -0.960. The minimum absolute atomic E-state index is 0.275. The van der Waals surface area contributed by atoms with E-state index >= 15 is 0 Å². The second-order valence-electron chi connectivity index (χ2n) is 4.24. The monoisotopic (exact) mass is 208 g/mol. The summed E-state index contributed by atoms with van der Waals surface area (Å²) >= 11 is 0. The average molecular weight is 208 g/mol. The highest BCUT2D eigenvalue weighted by atomic mass is 16.3. The number of rotatable bonds is 4. The van der Waals surface area contributed by atoms with Crippen molar-refractivity contribution in [2.45, 2.75) is 46.6 Å². The van der Waals surface area contributed by atoms with E-state index in [-0.39, 0.29) is 5.92 Å². The molecule has 1 aromatic heterocycles. The third-order valence-electron chi connectivity index (χ3n) is 2.74. The van der Waals surface area contributed by atoms with Crippen LogP contribution in [0.5, 0.6) is 0 Å². The number of aliphatic hydroxyl groups is 1. The van der Waals surface area contributed by atoms with Crippen molar-refractivity contribution < 1.29 is 5.11 Å². The Morgan fingerprint density at radius 1 is 1.33 bits per heavy atom. The van der Waals surface area contributed by atoms with Crippen LogP contribution in [0.4, 0.5) is 0 Å². The van der Waals surface area contributed by atoms with Gasteiger partial charge in [-0.25, -0.2) is 0 Å². The lowest BCUT2D eigenvalue weighted by Crippen LogP contribution is -2.12. The molecule has 3 heteroatoms. The lowest BCUT2D eigenvalue weighted by molar-refractivity contribution is 0.111. The summed E-state index contributed by atoms with van der Waals surface area (Å²) < 4.78 is 0. The van der Waals surface area contributed by atoms with Gasteiger partial charge in [-0.3, -0.25) is 0 Å². The summed E-state index contributed by atoms with van der Waals surface area (Å²) in [4.78, 5) is 0. The van der Waals surface area contributed by atoms with E-state index in [1.807, 2.05) is 19.9 Å². The van der Waals surface area contributed by atoms with E-state index in [2.05, 4.69) is 24.0 Å². The third kappa shape index (κ3) is 2.99. The zero-order valence-electron chi connectivity index (χ0n) is 9.99. The molecule has 1 heterocycles. The van der Waals surface area contributed by atoms with Crippen LogP contribution in [0, 0.1) is 19.8 Å². The summed E-state index contributed by atoms with van der Waals surface area (Å²) in [5, 5.41) is 18.2. The molecule has 0 aliphatic rings. The number of aromatic nitrogens is 2. The van der Waals surface area contributed by atoms with E-state index in [4.69, 9.17) is 0 Å². The summed E-state index contributed by atoms with van der Waals surface area (Å²) in [7, 11) is 0. The van der Waals surface area contributed by atoms with Crippen LogP contribution < -0.4 is 0 Å². The number of aliphatic hydroxyl groups excluding tert-OH is 1. The van der Waals surface area contributed by atoms with Crippen molar-refractivity contribution in [3.63, 3.8) is 0 Å². The first-order valence-electron chi connectivity index (χ1n) is 5.55. The van der Waals surface area contributed by atoms with Crippen molar-refractivity contribution in [1.82, 2.24) is 10.2 Å². The summed E-state index contributed by atoms with van der Waals surface area (Å²) in [5.41, 5.74) is 2.61. The van der Waals surface area contributed by atoms with Gasteiger partial charge in [0, 0.05) is 5.56 Å². The Morgan fingerprint density at radius 2 is 2.00 bits per heavy atom. The Bertz CT molecular complexity index is 325. The highest BCUT2D eigenvalue weighted by Crippen LogP contribution is 2.26. The van der Waals surface area contributed by atoms with Gasteiger partial charge in [-0.2, -0.15) is 10.2 Å². The molecule has 84 valence electrons. The quantitative estimate of drug-likeness (QED) is 0.827. The second kappa shape index (κ2) is 5.21. The Labute approximate surface area is 91.6 Å². The van der Waals surface area contributed by atoms with Crippen molar-refractivity contribution in [2.75, 3.05) is 0 Å². The predicted octanol–water partition coefficient (Wildman–Crippen LogP) is 2.56. The highest BCUT2D eigenvalue weighted by molar-refractivity contribution is 5.22. The molecule has 0 saturated carbocycles. The van der Waals surface area contributed by atoms with Crippen LogP contribution in [0.15, 0.2) is 6.07 Å². The first kappa shape index (κ1) is 12.1. The largest absolute Gasteiger partial charge is 0.388 e. The van der Waals surface area contributed by atoms with Gasteiger partial charge in [0.1, 0.15) is 0 Å². The SMILES string of the molecule is CCCC(C)C(O)c1cc(C)nnc1C. The number of nitrogens with zero attached hydrogens (tertiary/aromatic N) is 2. The molecule has 0 amide bonds. The standard InChI is InChI=1S/C12H20N2O/c1-5-6-8(2)12(15)11-7-9(3)13-14-10(11)4/h7-8,12,15H,5-6H2,1-4H3. The van der Waals surface area contributed by atoms with Crippen molar-refractivity contribution in [1.29, 1.82) is 0 Å². The fourth-order valence-corrected chi connectivity index (χ4v) is 1.79. The maximum atomic E-state index is 10.2. The van der Waals surface area contributed by atoms with Crippen molar-refractivity contribution in [3.05, 3.63) is 23.0 Å². The summed E-state index contributed by atoms with van der Waals surface area (Å²) in [6.07, 6.45) is 1.70. The van der Waals surface area contributed by atoms with E-state index in [0.29, 0.717) is 0 Å². The molecule has 1 N–H and O–H groups in total. The van der Waals surface area contributed by atoms with Crippen molar-refractivity contribution >= 4 is 0 Å².